The minimum absolute atomic E-state index is 0.0819. The Kier molecular flexibility index (Phi) is 5.50. The van der Waals surface area contributed by atoms with Crippen molar-refractivity contribution in [2.45, 2.75) is 40.3 Å². The van der Waals surface area contributed by atoms with Gasteiger partial charge in [0.15, 0.2) is 0 Å². The molecular weight excluding hydrogens is 377 g/mol. The molecule has 1 unspecified atom stereocenters. The molecule has 0 spiro atoms. The van der Waals surface area contributed by atoms with Gasteiger partial charge in [0.05, 0.1) is 17.6 Å². The minimum Gasteiger partial charge on any atom is -0.306 e. The summed E-state index contributed by atoms with van der Waals surface area (Å²) in [6.45, 7) is 9.07. The first-order chi connectivity index (χ1) is 14.4. The molecule has 0 aliphatic heterocycles. The summed E-state index contributed by atoms with van der Waals surface area (Å²) >= 11 is 0. The molecule has 2 heterocycles. The van der Waals surface area contributed by atoms with E-state index >= 15 is 0 Å². The quantitative estimate of drug-likeness (QED) is 0.494. The Hall–Kier alpha value is -3.25. The van der Waals surface area contributed by atoms with Gasteiger partial charge in [-0.3, -0.25) is 0 Å². The van der Waals surface area contributed by atoms with Crippen LogP contribution in [0.3, 0.4) is 0 Å². The number of halogens is 1. The normalized spacial score (nSPS) is 12.3. The molecule has 2 aromatic carbocycles. The third kappa shape index (κ3) is 3.91. The molecule has 0 saturated heterocycles. The van der Waals surface area contributed by atoms with Gasteiger partial charge in [0, 0.05) is 36.2 Å². The van der Waals surface area contributed by atoms with Crippen molar-refractivity contribution in [3.05, 3.63) is 94.8 Å². The number of nitrogens with zero attached hydrogens (tertiary/aromatic N) is 4. The molecular formula is C24H26FN5. The van der Waals surface area contributed by atoms with E-state index in [4.69, 9.17) is 0 Å². The Labute approximate surface area is 176 Å². The summed E-state index contributed by atoms with van der Waals surface area (Å²) in [6.07, 6.45) is 5.62. The Morgan fingerprint density at radius 2 is 1.90 bits per heavy atom. The second-order valence-electron chi connectivity index (χ2n) is 7.71. The fourth-order valence-electron chi connectivity index (χ4n) is 3.90. The van der Waals surface area contributed by atoms with Crippen molar-refractivity contribution in [2.75, 3.05) is 0 Å². The van der Waals surface area contributed by atoms with E-state index in [1.54, 1.807) is 16.9 Å². The van der Waals surface area contributed by atoms with Crippen LogP contribution in [0.15, 0.2) is 61.1 Å². The Morgan fingerprint density at radius 3 is 2.63 bits per heavy atom. The summed E-state index contributed by atoms with van der Waals surface area (Å²) in [5, 5.41) is 12.5. The predicted molar refractivity (Wildman–Crippen MR) is 117 cm³/mol. The molecule has 0 aliphatic carbocycles. The second kappa shape index (κ2) is 8.24. The average Bonchev–Trinajstić information content (AvgIpc) is 3.36. The number of aromatic nitrogens is 4. The molecule has 5 nitrogen and oxygen atoms in total. The summed E-state index contributed by atoms with van der Waals surface area (Å²) in [5.74, 6) is -0.267. The number of aryl methyl sites for hydroxylation is 2. The van der Waals surface area contributed by atoms with Gasteiger partial charge >= 0.3 is 0 Å². The van der Waals surface area contributed by atoms with Gasteiger partial charge in [-0.05, 0) is 74.7 Å². The SMILES string of the molecule is Cc1cc(C)c(CNC(C)c2cnn(-c3cccc(F)c3)c2C)c(-n2cccn2)c1. The first-order valence-electron chi connectivity index (χ1n) is 10.1. The van der Waals surface area contributed by atoms with E-state index in [9.17, 15) is 4.39 Å². The Morgan fingerprint density at radius 1 is 1.07 bits per heavy atom. The molecule has 0 aliphatic rings. The summed E-state index contributed by atoms with van der Waals surface area (Å²) in [7, 11) is 0. The molecule has 4 rings (SSSR count). The zero-order chi connectivity index (χ0) is 21.3. The lowest BCUT2D eigenvalue weighted by Gasteiger charge is -2.18. The van der Waals surface area contributed by atoms with Crippen molar-refractivity contribution in [2.24, 2.45) is 0 Å². The Bertz CT molecular complexity index is 1160. The highest BCUT2D eigenvalue weighted by Gasteiger charge is 2.16. The molecule has 2 aromatic heterocycles. The number of rotatable bonds is 6. The van der Waals surface area contributed by atoms with Gasteiger partial charge in [0.1, 0.15) is 5.82 Å². The van der Waals surface area contributed by atoms with E-state index in [1.165, 1.54) is 28.8 Å². The molecule has 0 saturated carbocycles. The third-order valence-electron chi connectivity index (χ3n) is 5.50. The standard InChI is InChI=1S/C24H26FN5/c1-16-11-17(2)22(24(12-16)29-10-6-9-27-29)14-26-18(3)23-15-28-30(19(23)4)21-8-5-7-20(25)13-21/h5-13,15,18,26H,14H2,1-4H3. The molecule has 1 atom stereocenters. The fraction of sp³-hybridized carbons (Fsp3) is 0.250. The van der Waals surface area contributed by atoms with Crippen LogP contribution in [-0.4, -0.2) is 19.6 Å². The monoisotopic (exact) mass is 403 g/mol. The number of nitrogens with one attached hydrogen (secondary N) is 1. The molecule has 0 amide bonds. The largest absolute Gasteiger partial charge is 0.306 e. The van der Waals surface area contributed by atoms with E-state index in [2.05, 4.69) is 48.4 Å². The van der Waals surface area contributed by atoms with Gasteiger partial charge in [0.2, 0.25) is 0 Å². The van der Waals surface area contributed by atoms with Gasteiger partial charge < -0.3 is 5.32 Å². The van der Waals surface area contributed by atoms with Gasteiger partial charge in [-0.1, -0.05) is 12.1 Å². The van der Waals surface area contributed by atoms with E-state index in [0.717, 1.165) is 22.6 Å². The summed E-state index contributed by atoms with van der Waals surface area (Å²) in [4.78, 5) is 0. The molecule has 0 radical (unpaired) electrons. The minimum atomic E-state index is -0.267. The fourth-order valence-corrected chi connectivity index (χ4v) is 3.90. The highest BCUT2D eigenvalue weighted by Crippen LogP contribution is 2.24. The van der Waals surface area contributed by atoms with E-state index in [0.29, 0.717) is 6.54 Å². The Balaban J connectivity index is 1.57. The topological polar surface area (TPSA) is 47.7 Å². The van der Waals surface area contributed by atoms with Crippen LogP contribution >= 0.6 is 0 Å². The van der Waals surface area contributed by atoms with Gasteiger partial charge in [0.25, 0.3) is 0 Å². The number of hydrogen-bond donors (Lipinski definition) is 1. The molecule has 4 aromatic rings. The van der Waals surface area contributed by atoms with Crippen molar-refractivity contribution >= 4 is 0 Å². The molecule has 1 N–H and O–H groups in total. The number of hydrogen-bond acceptors (Lipinski definition) is 3. The maximum absolute atomic E-state index is 13.6. The van der Waals surface area contributed by atoms with Crippen LogP contribution in [0.1, 0.15) is 40.9 Å². The molecule has 0 fully saturated rings. The van der Waals surface area contributed by atoms with Crippen LogP contribution < -0.4 is 5.32 Å². The molecule has 154 valence electrons. The van der Waals surface area contributed by atoms with Crippen LogP contribution in [0.5, 0.6) is 0 Å². The van der Waals surface area contributed by atoms with Gasteiger partial charge in [-0.15, -0.1) is 0 Å². The van der Waals surface area contributed by atoms with Crippen molar-refractivity contribution in [3.63, 3.8) is 0 Å². The highest BCUT2D eigenvalue weighted by molar-refractivity contribution is 5.48. The maximum Gasteiger partial charge on any atom is 0.125 e. The van der Waals surface area contributed by atoms with Gasteiger partial charge in [-0.2, -0.15) is 10.2 Å². The first-order valence-corrected chi connectivity index (χ1v) is 10.1. The van der Waals surface area contributed by atoms with Crippen LogP contribution in [0.4, 0.5) is 4.39 Å². The van der Waals surface area contributed by atoms with Crippen molar-refractivity contribution in [3.8, 4) is 11.4 Å². The average molecular weight is 404 g/mol. The van der Waals surface area contributed by atoms with E-state index in [1.807, 2.05) is 36.1 Å². The van der Waals surface area contributed by atoms with Crippen LogP contribution in [0.25, 0.3) is 11.4 Å². The van der Waals surface area contributed by atoms with Gasteiger partial charge in [-0.25, -0.2) is 13.8 Å². The van der Waals surface area contributed by atoms with Crippen LogP contribution in [-0.2, 0) is 6.54 Å². The molecule has 30 heavy (non-hydrogen) atoms. The van der Waals surface area contributed by atoms with E-state index < -0.39 is 0 Å². The van der Waals surface area contributed by atoms with Crippen molar-refractivity contribution in [1.29, 1.82) is 0 Å². The highest BCUT2D eigenvalue weighted by atomic mass is 19.1. The lowest BCUT2D eigenvalue weighted by molar-refractivity contribution is 0.568. The number of benzene rings is 2. The summed E-state index contributed by atoms with van der Waals surface area (Å²) < 4.78 is 17.3. The summed E-state index contributed by atoms with van der Waals surface area (Å²) in [5.41, 5.74) is 7.55. The first kappa shape index (κ1) is 20.0. The molecule has 6 heteroatoms. The summed E-state index contributed by atoms with van der Waals surface area (Å²) in [6, 6.07) is 12.9. The van der Waals surface area contributed by atoms with Crippen LogP contribution in [0.2, 0.25) is 0 Å². The smallest absolute Gasteiger partial charge is 0.125 e. The van der Waals surface area contributed by atoms with Crippen molar-refractivity contribution in [1.82, 2.24) is 24.9 Å². The zero-order valence-electron chi connectivity index (χ0n) is 17.7. The maximum atomic E-state index is 13.6. The zero-order valence-corrected chi connectivity index (χ0v) is 17.7. The third-order valence-corrected chi connectivity index (χ3v) is 5.50. The van der Waals surface area contributed by atoms with Crippen LogP contribution in [0, 0.1) is 26.6 Å². The second-order valence-corrected chi connectivity index (χ2v) is 7.71. The lowest BCUT2D eigenvalue weighted by Crippen LogP contribution is -2.20. The van der Waals surface area contributed by atoms with E-state index in [-0.39, 0.29) is 11.9 Å². The van der Waals surface area contributed by atoms with Crippen molar-refractivity contribution < 1.29 is 4.39 Å². The molecule has 0 bridgehead atoms. The predicted octanol–water partition coefficient (Wildman–Crippen LogP) is 4.97. The lowest BCUT2D eigenvalue weighted by atomic mass is 10.0.